The van der Waals surface area contributed by atoms with Gasteiger partial charge in [0.05, 0.1) is 0 Å². The average Bonchev–Trinajstić information content (AvgIpc) is 2.73. The molecule has 1 unspecified atom stereocenters. The highest BCUT2D eigenvalue weighted by Crippen LogP contribution is 2.39. The molecule has 0 aliphatic heterocycles. The number of rotatable bonds is 6. The van der Waals surface area contributed by atoms with Crippen LogP contribution in [-0.2, 0) is 4.79 Å². The second-order valence-electron chi connectivity index (χ2n) is 7.10. The molecule has 0 bridgehead atoms. The summed E-state index contributed by atoms with van der Waals surface area (Å²) in [4.78, 5) is 12.0. The summed E-state index contributed by atoms with van der Waals surface area (Å²) in [6.45, 7) is 7.28. The van der Waals surface area contributed by atoms with Crippen LogP contribution in [0.5, 0.6) is 0 Å². The lowest BCUT2D eigenvalue weighted by Gasteiger charge is -2.27. The molecule has 0 aromatic carbocycles. The molecule has 0 aromatic heterocycles. The van der Waals surface area contributed by atoms with Gasteiger partial charge in [0, 0.05) is 23.8 Å². The Hall–Kier alpha value is -0.220. The average molecular weight is 286 g/mol. The van der Waals surface area contributed by atoms with E-state index in [0.717, 1.165) is 13.0 Å². The molecule has 3 N–H and O–H groups in total. The van der Waals surface area contributed by atoms with Gasteiger partial charge >= 0.3 is 0 Å². The van der Waals surface area contributed by atoms with Gasteiger partial charge in [0.15, 0.2) is 0 Å². The lowest BCUT2D eigenvalue weighted by atomic mass is 9.87. The Kier molecular flexibility index (Phi) is 6.18. The third kappa shape index (κ3) is 6.17. The van der Waals surface area contributed by atoms with E-state index in [1.54, 1.807) is 0 Å². The molecule has 112 valence electrons. The molecule has 4 heteroatoms. The van der Waals surface area contributed by atoms with E-state index in [9.17, 15) is 4.79 Å². The highest BCUT2D eigenvalue weighted by atomic mass is 32.2. The van der Waals surface area contributed by atoms with E-state index in [-0.39, 0.29) is 22.1 Å². The van der Waals surface area contributed by atoms with Crippen molar-refractivity contribution in [3.63, 3.8) is 0 Å². The molecule has 1 amide bonds. The second-order valence-corrected chi connectivity index (χ2v) is 8.37. The van der Waals surface area contributed by atoms with Gasteiger partial charge in [-0.25, -0.2) is 0 Å². The summed E-state index contributed by atoms with van der Waals surface area (Å²) in [5.74, 6) is 0.108. The lowest BCUT2D eigenvalue weighted by Crippen LogP contribution is -2.41. The van der Waals surface area contributed by atoms with Crippen LogP contribution in [0.15, 0.2) is 0 Å². The maximum Gasteiger partial charge on any atom is 0.221 e. The minimum Gasteiger partial charge on any atom is -0.355 e. The van der Waals surface area contributed by atoms with Crippen LogP contribution in [0.25, 0.3) is 0 Å². The van der Waals surface area contributed by atoms with Gasteiger partial charge < -0.3 is 11.1 Å². The van der Waals surface area contributed by atoms with Crippen molar-refractivity contribution in [3.8, 4) is 0 Å². The number of hydrogen-bond acceptors (Lipinski definition) is 3. The van der Waals surface area contributed by atoms with Crippen LogP contribution in [0.2, 0.25) is 0 Å². The summed E-state index contributed by atoms with van der Waals surface area (Å²) in [6.07, 6.45) is 8.52. The molecule has 0 radical (unpaired) electrons. The van der Waals surface area contributed by atoms with Gasteiger partial charge in [-0.3, -0.25) is 4.79 Å². The van der Waals surface area contributed by atoms with Crippen molar-refractivity contribution in [2.75, 3.05) is 12.8 Å². The predicted molar refractivity (Wildman–Crippen MR) is 84.4 cm³/mol. The Morgan fingerprint density at radius 1 is 1.37 bits per heavy atom. The van der Waals surface area contributed by atoms with Gasteiger partial charge in [0.1, 0.15) is 0 Å². The minimum absolute atomic E-state index is 0.0335. The van der Waals surface area contributed by atoms with Gasteiger partial charge in [-0.05, 0) is 30.9 Å². The fourth-order valence-corrected chi connectivity index (χ4v) is 3.81. The molecule has 1 aliphatic carbocycles. The molecular weight excluding hydrogens is 256 g/mol. The van der Waals surface area contributed by atoms with E-state index in [0.29, 0.717) is 6.42 Å². The number of nitrogens with two attached hydrogens (primary N) is 1. The molecule has 19 heavy (non-hydrogen) atoms. The van der Waals surface area contributed by atoms with Crippen molar-refractivity contribution in [3.05, 3.63) is 0 Å². The SMILES string of the molecule is CSC1(CNC(=O)CC(N)CC(C)(C)C)CCCC1. The summed E-state index contributed by atoms with van der Waals surface area (Å²) in [6, 6.07) is -0.0335. The van der Waals surface area contributed by atoms with E-state index >= 15 is 0 Å². The molecule has 0 saturated heterocycles. The third-order valence-electron chi connectivity index (χ3n) is 3.88. The molecule has 1 saturated carbocycles. The van der Waals surface area contributed by atoms with Gasteiger partial charge in [-0.15, -0.1) is 0 Å². The van der Waals surface area contributed by atoms with Crippen LogP contribution in [0.4, 0.5) is 0 Å². The number of carbonyl (C=O) groups excluding carboxylic acids is 1. The Morgan fingerprint density at radius 2 is 1.95 bits per heavy atom. The number of carbonyl (C=O) groups is 1. The number of hydrogen-bond donors (Lipinski definition) is 2. The Bertz CT molecular complexity index is 293. The predicted octanol–water partition coefficient (Wildman–Crippen LogP) is 2.93. The van der Waals surface area contributed by atoms with Crippen LogP contribution >= 0.6 is 11.8 Å². The lowest BCUT2D eigenvalue weighted by molar-refractivity contribution is -0.121. The van der Waals surface area contributed by atoms with Gasteiger partial charge in [-0.2, -0.15) is 11.8 Å². The molecule has 3 nitrogen and oxygen atoms in total. The first-order valence-corrected chi connectivity index (χ1v) is 8.56. The fraction of sp³-hybridized carbons (Fsp3) is 0.933. The van der Waals surface area contributed by atoms with Crippen molar-refractivity contribution in [2.24, 2.45) is 11.1 Å². The monoisotopic (exact) mass is 286 g/mol. The number of thioether (sulfide) groups is 1. The Labute approximate surface area is 122 Å². The van der Waals surface area contributed by atoms with E-state index in [1.165, 1.54) is 25.7 Å². The fourth-order valence-electron chi connectivity index (χ4n) is 2.90. The molecule has 1 rings (SSSR count). The second kappa shape index (κ2) is 6.98. The van der Waals surface area contributed by atoms with Crippen molar-refractivity contribution in [1.82, 2.24) is 5.32 Å². The Morgan fingerprint density at radius 3 is 2.42 bits per heavy atom. The van der Waals surface area contributed by atoms with Crippen molar-refractivity contribution < 1.29 is 4.79 Å². The Balaban J connectivity index is 2.31. The zero-order valence-electron chi connectivity index (χ0n) is 12.9. The highest BCUT2D eigenvalue weighted by molar-refractivity contribution is 8.00. The zero-order chi connectivity index (χ0) is 14.5. The topological polar surface area (TPSA) is 55.1 Å². The maximum absolute atomic E-state index is 12.0. The molecule has 1 fully saturated rings. The van der Waals surface area contributed by atoms with Crippen LogP contribution in [-0.4, -0.2) is 29.5 Å². The molecule has 0 aromatic rings. The van der Waals surface area contributed by atoms with Crippen LogP contribution in [0.1, 0.15) is 59.3 Å². The first-order valence-electron chi connectivity index (χ1n) is 7.34. The summed E-state index contributed by atoms with van der Waals surface area (Å²) >= 11 is 1.90. The summed E-state index contributed by atoms with van der Waals surface area (Å²) in [7, 11) is 0. The van der Waals surface area contributed by atoms with E-state index in [2.05, 4.69) is 32.3 Å². The van der Waals surface area contributed by atoms with Crippen LogP contribution in [0.3, 0.4) is 0 Å². The highest BCUT2D eigenvalue weighted by Gasteiger charge is 2.33. The largest absolute Gasteiger partial charge is 0.355 e. The third-order valence-corrected chi connectivity index (χ3v) is 5.30. The number of nitrogens with one attached hydrogen (secondary N) is 1. The van der Waals surface area contributed by atoms with Crippen molar-refractivity contribution >= 4 is 17.7 Å². The molecule has 1 aliphatic rings. The van der Waals surface area contributed by atoms with Crippen molar-refractivity contribution in [1.29, 1.82) is 0 Å². The van der Waals surface area contributed by atoms with E-state index < -0.39 is 0 Å². The number of amides is 1. The van der Waals surface area contributed by atoms with Crippen LogP contribution in [0, 0.1) is 5.41 Å². The quantitative estimate of drug-likeness (QED) is 0.789. The smallest absolute Gasteiger partial charge is 0.221 e. The van der Waals surface area contributed by atoms with Gasteiger partial charge in [0.2, 0.25) is 5.91 Å². The van der Waals surface area contributed by atoms with Gasteiger partial charge in [-0.1, -0.05) is 33.6 Å². The molecule has 1 atom stereocenters. The van der Waals surface area contributed by atoms with Crippen LogP contribution < -0.4 is 11.1 Å². The van der Waals surface area contributed by atoms with Gasteiger partial charge in [0.25, 0.3) is 0 Å². The summed E-state index contributed by atoms with van der Waals surface area (Å²) in [5.41, 5.74) is 6.23. The first-order chi connectivity index (χ1) is 8.76. The molecule has 0 spiro atoms. The normalized spacial score (nSPS) is 20.3. The minimum atomic E-state index is -0.0335. The zero-order valence-corrected chi connectivity index (χ0v) is 13.7. The van der Waals surface area contributed by atoms with E-state index in [4.69, 9.17) is 5.73 Å². The summed E-state index contributed by atoms with van der Waals surface area (Å²) in [5, 5.41) is 3.09. The standard InChI is InChI=1S/C15H30N2OS/c1-14(2,3)10-12(16)9-13(18)17-11-15(19-4)7-5-6-8-15/h12H,5-11,16H2,1-4H3,(H,17,18). The maximum atomic E-state index is 12.0. The van der Waals surface area contributed by atoms with E-state index in [1.807, 2.05) is 11.8 Å². The summed E-state index contributed by atoms with van der Waals surface area (Å²) < 4.78 is 0.282. The van der Waals surface area contributed by atoms with Crippen molar-refractivity contribution in [2.45, 2.75) is 70.1 Å². The molecular formula is C15H30N2OS. The first kappa shape index (κ1) is 16.8. The molecule has 0 heterocycles.